The van der Waals surface area contributed by atoms with Gasteiger partial charge in [0, 0.05) is 18.1 Å². The highest BCUT2D eigenvalue weighted by Gasteiger charge is 2.28. The number of benzene rings is 1. The van der Waals surface area contributed by atoms with E-state index < -0.39 is 27.7 Å². The molecule has 0 saturated carbocycles. The van der Waals surface area contributed by atoms with Crippen LogP contribution in [0.25, 0.3) is 11.3 Å². The van der Waals surface area contributed by atoms with Gasteiger partial charge in [0.1, 0.15) is 6.04 Å². The zero-order valence-corrected chi connectivity index (χ0v) is 17.2. The van der Waals surface area contributed by atoms with Gasteiger partial charge in [-0.3, -0.25) is 4.79 Å². The zero-order valence-electron chi connectivity index (χ0n) is 16.4. The van der Waals surface area contributed by atoms with E-state index in [1.165, 1.54) is 0 Å². The molecule has 1 aromatic carbocycles. The van der Waals surface area contributed by atoms with Crippen molar-refractivity contribution in [1.29, 1.82) is 0 Å². The predicted molar refractivity (Wildman–Crippen MR) is 111 cm³/mol. The third kappa shape index (κ3) is 5.91. The summed E-state index contributed by atoms with van der Waals surface area (Å²) >= 11 is 0. The molecule has 2 rings (SSSR count). The molecule has 0 fully saturated rings. The highest BCUT2D eigenvalue weighted by atomic mass is 32.2. The van der Waals surface area contributed by atoms with Crippen molar-refractivity contribution < 1.29 is 13.7 Å². The molecule has 1 N–H and O–H groups in total. The molecule has 0 spiro atoms. The van der Waals surface area contributed by atoms with Crippen molar-refractivity contribution in [3.05, 3.63) is 60.9 Å². The summed E-state index contributed by atoms with van der Waals surface area (Å²) in [7, 11) is -1.38. The van der Waals surface area contributed by atoms with Crippen LogP contribution >= 0.6 is 0 Å². The Kier molecular flexibility index (Phi) is 7.16. The molecule has 0 amide bonds. The van der Waals surface area contributed by atoms with Crippen molar-refractivity contribution in [2.24, 2.45) is 0 Å². The maximum atomic E-state index is 12.4. The van der Waals surface area contributed by atoms with Crippen LogP contribution < -0.4 is 4.72 Å². The fourth-order valence-electron chi connectivity index (χ4n) is 2.46. The maximum absolute atomic E-state index is 12.4. The van der Waals surface area contributed by atoms with Gasteiger partial charge in [-0.2, -0.15) is 0 Å². The Morgan fingerprint density at radius 3 is 2.33 bits per heavy atom. The Balaban J connectivity index is 2.12. The van der Waals surface area contributed by atoms with Crippen LogP contribution in [-0.4, -0.2) is 32.1 Å². The van der Waals surface area contributed by atoms with Crippen molar-refractivity contribution >= 4 is 22.5 Å². The zero-order chi connectivity index (χ0) is 20.0. The molecule has 0 radical (unpaired) electrons. The average molecular weight is 389 g/mol. The summed E-state index contributed by atoms with van der Waals surface area (Å²) in [5.41, 5.74) is 2.76. The van der Waals surface area contributed by atoms with Crippen LogP contribution in [0.4, 0.5) is 0 Å². The van der Waals surface area contributed by atoms with Crippen molar-refractivity contribution in [1.82, 2.24) is 9.29 Å². The van der Waals surface area contributed by atoms with Crippen LogP contribution in [0.3, 0.4) is 0 Å². The maximum Gasteiger partial charge on any atom is 0.324 e. The third-order valence-corrected chi connectivity index (χ3v) is 5.62. The number of carbonyl (C=O) groups is 1. The highest BCUT2D eigenvalue weighted by molar-refractivity contribution is 7.84. The fourth-order valence-corrected chi connectivity index (χ4v) is 3.25. The smallest absolute Gasteiger partial charge is 0.324 e. The van der Waals surface area contributed by atoms with Crippen molar-refractivity contribution in [3.8, 4) is 5.69 Å². The van der Waals surface area contributed by atoms with Gasteiger partial charge in [0.2, 0.25) is 0 Å². The minimum Gasteiger partial charge on any atom is -0.465 e. The summed E-state index contributed by atoms with van der Waals surface area (Å²) in [6, 6.07) is 11.2. The molecule has 1 aromatic heterocycles. The van der Waals surface area contributed by atoms with E-state index in [2.05, 4.69) is 11.3 Å². The van der Waals surface area contributed by atoms with E-state index in [4.69, 9.17) is 4.74 Å². The van der Waals surface area contributed by atoms with E-state index >= 15 is 0 Å². The summed E-state index contributed by atoms with van der Waals surface area (Å²) in [6.45, 7) is 11.7. The molecular formula is C21H28N2O3S. The highest BCUT2D eigenvalue weighted by Crippen LogP contribution is 2.21. The minimum atomic E-state index is -1.38. The summed E-state index contributed by atoms with van der Waals surface area (Å²) in [5, 5.41) is 0. The second-order valence-electron chi connectivity index (χ2n) is 7.25. The van der Waals surface area contributed by atoms with Gasteiger partial charge >= 0.3 is 5.97 Å². The van der Waals surface area contributed by atoms with Crippen LogP contribution in [0.15, 0.2) is 55.4 Å². The summed E-state index contributed by atoms with van der Waals surface area (Å²) in [5.74, 6) is -0.416. The van der Waals surface area contributed by atoms with Crippen molar-refractivity contribution in [2.45, 2.75) is 44.9 Å². The number of nitrogens with one attached hydrogen (secondary N) is 1. The van der Waals surface area contributed by atoms with Gasteiger partial charge < -0.3 is 9.30 Å². The monoisotopic (exact) mass is 388 g/mol. The number of carbonyl (C=O) groups excluding carboxylic acids is 1. The minimum absolute atomic E-state index is 0.275. The van der Waals surface area contributed by atoms with E-state index in [9.17, 15) is 9.00 Å². The number of hydrogen-bond donors (Lipinski definition) is 1. The first kappa shape index (κ1) is 21.1. The molecule has 146 valence electrons. The fraction of sp³-hybridized carbons (Fsp3) is 0.381. The molecule has 0 bridgehead atoms. The quantitative estimate of drug-likeness (QED) is 0.699. The van der Waals surface area contributed by atoms with E-state index in [0.717, 1.165) is 16.8 Å². The number of rotatable bonds is 8. The standard InChI is InChI=1S/C21H28N2O3S/c1-6-26-20(24)19(22-27(25)21(3,4)5)15-16(2)17-9-11-18(12-10-17)23-13-7-8-14-23/h7-14,19,22H,2,6,15H2,1,3-5H3/t19-,27?/m1/s1. The number of esters is 1. The topological polar surface area (TPSA) is 60.3 Å². The average Bonchev–Trinajstić information content (AvgIpc) is 3.15. The van der Waals surface area contributed by atoms with Crippen molar-refractivity contribution in [3.63, 3.8) is 0 Å². The van der Waals surface area contributed by atoms with Gasteiger partial charge in [0.15, 0.2) is 0 Å². The van der Waals surface area contributed by atoms with Crippen LogP contribution in [0.2, 0.25) is 0 Å². The number of nitrogens with zero attached hydrogens (tertiary/aromatic N) is 1. The number of hydrogen-bond acceptors (Lipinski definition) is 3. The number of aromatic nitrogens is 1. The van der Waals surface area contributed by atoms with Crippen LogP contribution in [0, 0.1) is 0 Å². The third-order valence-electron chi connectivity index (χ3n) is 4.01. The Morgan fingerprint density at radius 2 is 1.81 bits per heavy atom. The van der Waals surface area contributed by atoms with Gasteiger partial charge in [0.25, 0.3) is 0 Å². The second-order valence-corrected chi connectivity index (χ2v) is 9.25. The molecule has 27 heavy (non-hydrogen) atoms. The summed E-state index contributed by atoms with van der Waals surface area (Å²) in [6.07, 6.45) is 4.28. The SMILES string of the molecule is C=C(C[C@@H](NS(=O)C(C)(C)C)C(=O)OCC)c1ccc(-n2cccc2)cc1. The number of ether oxygens (including phenoxy) is 1. The van der Waals surface area contributed by atoms with Crippen molar-refractivity contribution in [2.75, 3.05) is 6.61 Å². The Labute approximate surface area is 164 Å². The predicted octanol–water partition coefficient (Wildman–Crippen LogP) is 3.86. The second kappa shape index (κ2) is 9.15. The van der Waals surface area contributed by atoms with Gasteiger partial charge in [-0.05, 0) is 69.5 Å². The van der Waals surface area contributed by atoms with E-state index in [1.54, 1.807) is 6.92 Å². The Bertz CT molecular complexity index is 790. The molecule has 0 aliphatic heterocycles. The Morgan fingerprint density at radius 1 is 1.22 bits per heavy atom. The lowest BCUT2D eigenvalue weighted by Crippen LogP contribution is -2.44. The molecule has 1 heterocycles. The van der Waals surface area contributed by atoms with Crippen LogP contribution in [0.1, 0.15) is 39.7 Å². The lowest BCUT2D eigenvalue weighted by atomic mass is 10.0. The van der Waals surface area contributed by atoms with Gasteiger partial charge in [0.05, 0.1) is 22.3 Å². The molecule has 0 aliphatic carbocycles. The molecule has 5 nitrogen and oxygen atoms in total. The molecule has 2 atom stereocenters. The summed E-state index contributed by atoms with van der Waals surface area (Å²) in [4.78, 5) is 12.3. The van der Waals surface area contributed by atoms with Gasteiger partial charge in [-0.1, -0.05) is 18.7 Å². The molecule has 0 aliphatic rings. The van der Waals surface area contributed by atoms with Crippen LogP contribution in [-0.2, 0) is 20.5 Å². The van der Waals surface area contributed by atoms with E-state index in [0.29, 0.717) is 6.42 Å². The van der Waals surface area contributed by atoms with Crippen LogP contribution in [0.5, 0.6) is 0 Å². The largest absolute Gasteiger partial charge is 0.465 e. The molecule has 2 aromatic rings. The Hall–Kier alpha value is -2.18. The lowest BCUT2D eigenvalue weighted by molar-refractivity contribution is -0.144. The first-order chi connectivity index (χ1) is 12.7. The van der Waals surface area contributed by atoms with E-state index in [-0.39, 0.29) is 6.61 Å². The molecule has 1 unspecified atom stereocenters. The first-order valence-corrected chi connectivity index (χ1v) is 10.1. The van der Waals surface area contributed by atoms with E-state index in [1.807, 2.05) is 74.1 Å². The normalized spacial score (nSPS) is 13.8. The lowest BCUT2D eigenvalue weighted by Gasteiger charge is -2.23. The summed E-state index contributed by atoms with van der Waals surface area (Å²) < 4.78 is 22.0. The van der Waals surface area contributed by atoms with Gasteiger partial charge in [-0.15, -0.1) is 0 Å². The molecule has 6 heteroatoms. The first-order valence-electron chi connectivity index (χ1n) is 8.98. The molecular weight excluding hydrogens is 360 g/mol. The van der Waals surface area contributed by atoms with Gasteiger partial charge in [-0.25, -0.2) is 8.93 Å². The molecule has 0 saturated heterocycles.